The average molecular weight is 402 g/mol. The Morgan fingerprint density at radius 1 is 1.07 bits per heavy atom. The van der Waals surface area contributed by atoms with E-state index in [9.17, 15) is 18.4 Å². The molecule has 2 N–H and O–H groups in total. The van der Waals surface area contributed by atoms with Crippen molar-refractivity contribution in [2.45, 2.75) is 47.6 Å². The minimum absolute atomic E-state index is 0.0705. The Labute approximate surface area is 166 Å². The average Bonchev–Trinajstić information content (AvgIpc) is 2.67. The predicted molar refractivity (Wildman–Crippen MR) is 102 cm³/mol. The van der Waals surface area contributed by atoms with Crippen molar-refractivity contribution < 1.29 is 18.4 Å². The van der Waals surface area contributed by atoms with Crippen molar-refractivity contribution >= 4 is 23.6 Å². The molecule has 2 aliphatic rings. The number of carbonyl (C=O) groups excluding carboxylic acids is 2. The third kappa shape index (κ3) is 3.51. The summed E-state index contributed by atoms with van der Waals surface area (Å²) >= 11 is 1.64. The molecule has 2 aromatic carbocycles. The third-order valence-electron chi connectivity index (χ3n) is 5.27. The monoisotopic (exact) mass is 402 g/mol. The smallest absolute Gasteiger partial charge is 0.265 e. The van der Waals surface area contributed by atoms with E-state index in [2.05, 4.69) is 10.6 Å². The molecule has 0 aliphatic carbocycles. The van der Waals surface area contributed by atoms with Gasteiger partial charge in [0.2, 0.25) is 11.8 Å². The van der Waals surface area contributed by atoms with Crippen LogP contribution in [0, 0.1) is 5.92 Å². The summed E-state index contributed by atoms with van der Waals surface area (Å²) in [5, 5.41) is 5.29. The van der Waals surface area contributed by atoms with Crippen molar-refractivity contribution in [2.75, 3.05) is 0 Å². The molecule has 2 atom stereocenters. The molecule has 0 radical (unpaired) electrons. The molecule has 2 unspecified atom stereocenters. The van der Waals surface area contributed by atoms with E-state index >= 15 is 0 Å². The molecule has 0 bridgehead atoms. The molecule has 4 nitrogen and oxygen atoms in total. The fraction of sp³-hybridized carbons (Fsp3) is 0.333. The molecule has 0 aromatic heterocycles. The van der Waals surface area contributed by atoms with Gasteiger partial charge in [-0.2, -0.15) is 0 Å². The van der Waals surface area contributed by atoms with Gasteiger partial charge in [0, 0.05) is 16.7 Å². The van der Waals surface area contributed by atoms with Crippen LogP contribution in [-0.4, -0.2) is 23.8 Å². The molecule has 2 amide bonds. The zero-order chi connectivity index (χ0) is 19.9. The van der Waals surface area contributed by atoms with Crippen LogP contribution in [0.4, 0.5) is 8.78 Å². The zero-order valence-corrected chi connectivity index (χ0v) is 16.1. The van der Waals surface area contributed by atoms with Crippen molar-refractivity contribution in [3.8, 4) is 0 Å². The number of hydrogen-bond acceptors (Lipinski definition) is 3. The quantitative estimate of drug-likeness (QED) is 0.766. The molecule has 2 aromatic rings. The Hall–Kier alpha value is -2.41. The highest BCUT2D eigenvalue weighted by Crippen LogP contribution is 2.44. The molecule has 146 valence electrons. The van der Waals surface area contributed by atoms with Gasteiger partial charge in [0.05, 0.1) is 12.1 Å². The van der Waals surface area contributed by atoms with Gasteiger partial charge < -0.3 is 10.6 Å². The number of nitrogens with one attached hydrogen (secondary N) is 2. The van der Waals surface area contributed by atoms with Crippen LogP contribution in [0.5, 0.6) is 0 Å². The third-order valence-corrected chi connectivity index (χ3v) is 6.46. The van der Waals surface area contributed by atoms with E-state index in [-0.39, 0.29) is 18.9 Å². The molecule has 4 rings (SSSR count). The number of carbonyl (C=O) groups is 2. The van der Waals surface area contributed by atoms with E-state index in [1.807, 2.05) is 48.5 Å². The van der Waals surface area contributed by atoms with Crippen molar-refractivity contribution in [3.63, 3.8) is 0 Å². The Morgan fingerprint density at radius 2 is 1.64 bits per heavy atom. The van der Waals surface area contributed by atoms with Crippen LogP contribution < -0.4 is 10.6 Å². The van der Waals surface area contributed by atoms with Crippen LogP contribution in [-0.2, 0) is 9.59 Å². The Kier molecular flexibility index (Phi) is 4.87. The summed E-state index contributed by atoms with van der Waals surface area (Å²) in [7, 11) is 0. The van der Waals surface area contributed by atoms with Crippen LogP contribution in [0.25, 0.3) is 0 Å². The minimum atomic E-state index is -3.00. The van der Waals surface area contributed by atoms with Gasteiger partial charge in [-0.05, 0) is 36.1 Å². The normalized spacial score (nSPS) is 22.0. The van der Waals surface area contributed by atoms with Crippen molar-refractivity contribution in [1.82, 2.24) is 10.6 Å². The Balaban J connectivity index is 1.57. The standard InChI is InChI=1S/C21H20F2N2O2S/c1-21(22,23)17-11-10-14(19(26)24-17)20(27)25-18-12-6-2-4-8-15(12)28-16-9-5-3-7-13(16)18/h2-9,14,17-18H,10-11H2,1H3,(H,24,26)(H,25,27). The molecule has 2 heterocycles. The molecule has 1 fully saturated rings. The summed E-state index contributed by atoms with van der Waals surface area (Å²) in [5.74, 6) is -5.04. The van der Waals surface area contributed by atoms with E-state index in [0.29, 0.717) is 0 Å². The van der Waals surface area contributed by atoms with Crippen LogP contribution in [0.1, 0.15) is 36.9 Å². The topological polar surface area (TPSA) is 58.2 Å². The minimum Gasteiger partial charge on any atom is -0.347 e. The van der Waals surface area contributed by atoms with Gasteiger partial charge in [0.25, 0.3) is 5.92 Å². The number of hydrogen-bond donors (Lipinski definition) is 2. The molecule has 1 saturated heterocycles. The second kappa shape index (κ2) is 7.20. The fourth-order valence-corrected chi connectivity index (χ4v) is 4.89. The molecule has 0 saturated carbocycles. The van der Waals surface area contributed by atoms with Crippen LogP contribution in [0.3, 0.4) is 0 Å². The summed E-state index contributed by atoms with van der Waals surface area (Å²) in [5.41, 5.74) is 1.93. The maximum Gasteiger partial charge on any atom is 0.265 e. The summed E-state index contributed by atoms with van der Waals surface area (Å²) < 4.78 is 27.0. The lowest BCUT2D eigenvalue weighted by atomic mass is 9.89. The molecular formula is C21H20F2N2O2S. The van der Waals surface area contributed by atoms with Gasteiger partial charge in [-0.15, -0.1) is 0 Å². The van der Waals surface area contributed by atoms with Gasteiger partial charge in [-0.25, -0.2) is 8.78 Å². The van der Waals surface area contributed by atoms with Crippen molar-refractivity contribution in [1.29, 1.82) is 0 Å². The lowest BCUT2D eigenvalue weighted by molar-refractivity contribution is -0.141. The lowest BCUT2D eigenvalue weighted by Gasteiger charge is -2.34. The summed E-state index contributed by atoms with van der Waals surface area (Å²) in [6.07, 6.45) is 0.178. The summed E-state index contributed by atoms with van der Waals surface area (Å²) in [6, 6.07) is 14.0. The molecule has 0 spiro atoms. The summed E-state index contributed by atoms with van der Waals surface area (Å²) in [4.78, 5) is 27.3. The molecule has 2 aliphatic heterocycles. The van der Waals surface area contributed by atoms with E-state index in [1.54, 1.807) is 11.8 Å². The lowest BCUT2D eigenvalue weighted by Crippen LogP contribution is -2.55. The maximum atomic E-state index is 13.5. The van der Waals surface area contributed by atoms with Gasteiger partial charge in [0.15, 0.2) is 0 Å². The first-order valence-corrected chi connectivity index (χ1v) is 10.0. The van der Waals surface area contributed by atoms with Crippen molar-refractivity contribution in [2.24, 2.45) is 5.92 Å². The Bertz CT molecular complexity index is 883. The number of alkyl halides is 2. The first kappa shape index (κ1) is 18.9. The highest BCUT2D eigenvalue weighted by Gasteiger charge is 2.43. The highest BCUT2D eigenvalue weighted by molar-refractivity contribution is 7.99. The zero-order valence-electron chi connectivity index (χ0n) is 15.2. The van der Waals surface area contributed by atoms with E-state index in [0.717, 1.165) is 27.8 Å². The maximum absolute atomic E-state index is 13.5. The highest BCUT2D eigenvalue weighted by atomic mass is 32.2. The van der Waals surface area contributed by atoms with Crippen LogP contribution in [0.15, 0.2) is 58.3 Å². The SMILES string of the molecule is CC(F)(F)C1CCC(C(=O)NC2c3ccccc3Sc3ccccc32)C(=O)N1. The second-order valence-corrected chi connectivity index (χ2v) is 8.35. The van der Waals surface area contributed by atoms with Crippen LogP contribution >= 0.6 is 11.8 Å². The van der Waals surface area contributed by atoms with E-state index in [1.165, 1.54) is 0 Å². The van der Waals surface area contributed by atoms with Gasteiger partial charge in [0.1, 0.15) is 5.92 Å². The number of halogens is 2. The second-order valence-electron chi connectivity index (χ2n) is 7.27. The largest absolute Gasteiger partial charge is 0.347 e. The first-order valence-electron chi connectivity index (χ1n) is 9.19. The number of rotatable bonds is 3. The van der Waals surface area contributed by atoms with Gasteiger partial charge in [-0.3, -0.25) is 9.59 Å². The first-order chi connectivity index (χ1) is 13.3. The van der Waals surface area contributed by atoms with Crippen LogP contribution in [0.2, 0.25) is 0 Å². The summed E-state index contributed by atoms with van der Waals surface area (Å²) in [6.45, 7) is 0.784. The number of benzene rings is 2. The van der Waals surface area contributed by atoms with E-state index in [4.69, 9.17) is 0 Å². The number of piperidine rings is 1. The Morgan fingerprint density at radius 3 is 2.18 bits per heavy atom. The molecule has 7 heteroatoms. The van der Waals surface area contributed by atoms with Crippen molar-refractivity contribution in [3.05, 3.63) is 59.7 Å². The number of fused-ring (bicyclic) bond motifs is 2. The van der Waals surface area contributed by atoms with E-state index < -0.39 is 29.7 Å². The number of amides is 2. The molecule has 28 heavy (non-hydrogen) atoms. The van der Waals surface area contributed by atoms with Gasteiger partial charge in [-0.1, -0.05) is 48.2 Å². The van der Waals surface area contributed by atoms with Gasteiger partial charge >= 0.3 is 0 Å². The fourth-order valence-electron chi connectivity index (χ4n) is 3.75. The molecular weight excluding hydrogens is 382 g/mol. The predicted octanol–water partition coefficient (Wildman–Crippen LogP) is 3.91.